The first kappa shape index (κ1) is 12.4. The molecular weight excluding hydrogens is 206 g/mol. The molecule has 0 unspecified atom stereocenters. The third kappa shape index (κ3) is 2.93. The molecule has 5 nitrogen and oxygen atoms in total. The highest BCUT2D eigenvalue weighted by atomic mass is 16.5. The summed E-state index contributed by atoms with van der Waals surface area (Å²) in [4.78, 5) is 17.6. The first-order valence-electron chi connectivity index (χ1n) is 5.02. The fourth-order valence-corrected chi connectivity index (χ4v) is 1.30. The Bertz CT molecular complexity index is 379. The van der Waals surface area contributed by atoms with Crippen LogP contribution in [0, 0.1) is 6.92 Å². The van der Waals surface area contributed by atoms with Gasteiger partial charge in [-0.3, -0.25) is 9.78 Å². The minimum Gasteiger partial charge on any atom is -0.397 e. The van der Waals surface area contributed by atoms with Gasteiger partial charge in [0.05, 0.1) is 29.7 Å². The van der Waals surface area contributed by atoms with E-state index in [9.17, 15) is 4.79 Å². The van der Waals surface area contributed by atoms with Crippen molar-refractivity contribution in [2.45, 2.75) is 6.92 Å². The van der Waals surface area contributed by atoms with Gasteiger partial charge >= 0.3 is 0 Å². The van der Waals surface area contributed by atoms with Gasteiger partial charge in [-0.1, -0.05) is 0 Å². The standard InChI is InChI=1S/C11H17N3O2/c1-8-10(6-9(12)7-13-8)11(15)14(2)4-5-16-3/h6-7H,4-5,12H2,1-3H3. The fourth-order valence-electron chi connectivity index (χ4n) is 1.30. The van der Waals surface area contributed by atoms with Crippen LogP contribution >= 0.6 is 0 Å². The van der Waals surface area contributed by atoms with Crippen molar-refractivity contribution in [3.8, 4) is 0 Å². The minimum absolute atomic E-state index is 0.0886. The third-order valence-corrected chi connectivity index (χ3v) is 2.32. The van der Waals surface area contributed by atoms with E-state index in [1.807, 2.05) is 0 Å². The molecule has 1 aromatic heterocycles. The summed E-state index contributed by atoms with van der Waals surface area (Å²) in [5.74, 6) is -0.0886. The molecule has 0 bridgehead atoms. The number of hydrogen-bond donors (Lipinski definition) is 1. The van der Waals surface area contributed by atoms with Crippen LogP contribution in [0.1, 0.15) is 16.1 Å². The van der Waals surface area contributed by atoms with Gasteiger partial charge in [-0.25, -0.2) is 0 Å². The topological polar surface area (TPSA) is 68.5 Å². The molecule has 0 aliphatic heterocycles. The van der Waals surface area contributed by atoms with E-state index in [1.54, 1.807) is 38.2 Å². The molecule has 2 N–H and O–H groups in total. The number of likely N-dealkylation sites (N-methyl/N-ethyl adjacent to an activating group) is 1. The number of nitrogen functional groups attached to an aromatic ring is 1. The molecule has 0 aliphatic rings. The molecule has 0 radical (unpaired) electrons. The van der Waals surface area contributed by atoms with Gasteiger partial charge in [0.1, 0.15) is 0 Å². The molecule has 0 fully saturated rings. The average Bonchev–Trinajstić information content (AvgIpc) is 2.28. The normalized spacial score (nSPS) is 10.2. The Balaban J connectivity index is 2.83. The number of nitrogens with two attached hydrogens (primary N) is 1. The second kappa shape index (κ2) is 5.46. The van der Waals surface area contributed by atoms with Crippen LogP contribution in [0.5, 0.6) is 0 Å². The van der Waals surface area contributed by atoms with E-state index in [-0.39, 0.29) is 5.91 Å². The van der Waals surface area contributed by atoms with Crippen molar-refractivity contribution in [2.24, 2.45) is 0 Å². The molecule has 0 aliphatic carbocycles. The maximum atomic E-state index is 12.0. The van der Waals surface area contributed by atoms with E-state index in [0.717, 1.165) is 0 Å². The van der Waals surface area contributed by atoms with Gasteiger partial charge in [0, 0.05) is 20.7 Å². The Kier molecular flexibility index (Phi) is 4.25. The predicted molar refractivity (Wildman–Crippen MR) is 62.2 cm³/mol. The van der Waals surface area contributed by atoms with Gasteiger partial charge in [0.15, 0.2) is 0 Å². The highest BCUT2D eigenvalue weighted by Gasteiger charge is 2.14. The Hall–Kier alpha value is -1.62. The fraction of sp³-hybridized carbons (Fsp3) is 0.455. The van der Waals surface area contributed by atoms with Crippen LogP contribution in [-0.4, -0.2) is 43.1 Å². The number of carbonyl (C=O) groups excluding carboxylic acids is 1. The lowest BCUT2D eigenvalue weighted by atomic mass is 10.1. The molecule has 0 saturated heterocycles. The highest BCUT2D eigenvalue weighted by Crippen LogP contribution is 2.11. The van der Waals surface area contributed by atoms with E-state index in [1.165, 1.54) is 0 Å². The molecule has 0 aromatic carbocycles. The number of methoxy groups -OCH3 is 1. The Labute approximate surface area is 95.2 Å². The number of anilines is 1. The highest BCUT2D eigenvalue weighted by molar-refractivity contribution is 5.95. The summed E-state index contributed by atoms with van der Waals surface area (Å²) in [6.45, 7) is 2.84. The lowest BCUT2D eigenvalue weighted by molar-refractivity contribution is 0.0743. The number of hydrogen-bond acceptors (Lipinski definition) is 4. The second-order valence-electron chi connectivity index (χ2n) is 3.62. The van der Waals surface area contributed by atoms with Crippen molar-refractivity contribution >= 4 is 11.6 Å². The van der Waals surface area contributed by atoms with E-state index < -0.39 is 0 Å². The molecule has 88 valence electrons. The van der Waals surface area contributed by atoms with E-state index in [2.05, 4.69) is 4.98 Å². The quantitative estimate of drug-likeness (QED) is 0.815. The smallest absolute Gasteiger partial charge is 0.255 e. The summed E-state index contributed by atoms with van der Waals surface area (Å²) < 4.78 is 4.92. The second-order valence-corrected chi connectivity index (χ2v) is 3.62. The van der Waals surface area contributed by atoms with Crippen molar-refractivity contribution in [2.75, 3.05) is 33.0 Å². The van der Waals surface area contributed by atoms with Gasteiger partial charge in [0.25, 0.3) is 5.91 Å². The minimum atomic E-state index is -0.0886. The lowest BCUT2D eigenvalue weighted by Crippen LogP contribution is -2.30. The average molecular weight is 223 g/mol. The van der Waals surface area contributed by atoms with E-state index >= 15 is 0 Å². The van der Waals surface area contributed by atoms with Gasteiger partial charge in [0.2, 0.25) is 0 Å². The zero-order valence-corrected chi connectivity index (χ0v) is 9.86. The molecule has 1 amide bonds. The van der Waals surface area contributed by atoms with Crippen molar-refractivity contribution < 1.29 is 9.53 Å². The summed E-state index contributed by atoms with van der Waals surface area (Å²) in [7, 11) is 3.33. The van der Waals surface area contributed by atoms with Crippen LogP contribution in [0.4, 0.5) is 5.69 Å². The predicted octanol–water partition coefficient (Wildman–Crippen LogP) is 0.691. The van der Waals surface area contributed by atoms with Gasteiger partial charge < -0.3 is 15.4 Å². The maximum Gasteiger partial charge on any atom is 0.255 e. The molecular formula is C11H17N3O2. The molecule has 0 saturated carbocycles. The first-order chi connectivity index (χ1) is 7.56. The maximum absolute atomic E-state index is 12.0. The number of carbonyl (C=O) groups is 1. The monoisotopic (exact) mass is 223 g/mol. The van der Waals surface area contributed by atoms with Crippen LogP contribution in [0.25, 0.3) is 0 Å². The van der Waals surface area contributed by atoms with Crippen LogP contribution < -0.4 is 5.73 Å². The first-order valence-corrected chi connectivity index (χ1v) is 5.02. The van der Waals surface area contributed by atoms with Gasteiger partial charge in [-0.15, -0.1) is 0 Å². The summed E-state index contributed by atoms with van der Waals surface area (Å²) in [6, 6.07) is 1.65. The summed E-state index contributed by atoms with van der Waals surface area (Å²) in [5, 5.41) is 0. The summed E-state index contributed by atoms with van der Waals surface area (Å²) in [6.07, 6.45) is 1.54. The van der Waals surface area contributed by atoms with Crippen LogP contribution in [0.3, 0.4) is 0 Å². The van der Waals surface area contributed by atoms with Crippen molar-refractivity contribution in [3.63, 3.8) is 0 Å². The number of rotatable bonds is 4. The van der Waals surface area contributed by atoms with Gasteiger partial charge in [-0.2, -0.15) is 0 Å². The Morgan fingerprint density at radius 2 is 2.31 bits per heavy atom. The van der Waals surface area contributed by atoms with Crippen molar-refractivity contribution in [3.05, 3.63) is 23.5 Å². The van der Waals surface area contributed by atoms with Crippen molar-refractivity contribution in [1.29, 1.82) is 0 Å². The number of nitrogens with zero attached hydrogens (tertiary/aromatic N) is 2. The lowest BCUT2D eigenvalue weighted by Gasteiger charge is -2.17. The van der Waals surface area contributed by atoms with Crippen LogP contribution in [0.15, 0.2) is 12.3 Å². The van der Waals surface area contributed by atoms with E-state index in [4.69, 9.17) is 10.5 Å². The zero-order chi connectivity index (χ0) is 12.1. The number of amides is 1. The molecule has 0 atom stereocenters. The Morgan fingerprint density at radius 3 is 2.94 bits per heavy atom. The Morgan fingerprint density at radius 1 is 1.62 bits per heavy atom. The summed E-state index contributed by atoms with van der Waals surface area (Å²) >= 11 is 0. The van der Waals surface area contributed by atoms with E-state index in [0.29, 0.717) is 30.1 Å². The van der Waals surface area contributed by atoms with Gasteiger partial charge in [-0.05, 0) is 13.0 Å². The molecule has 1 heterocycles. The SMILES string of the molecule is COCCN(C)C(=O)c1cc(N)cnc1C. The molecule has 5 heteroatoms. The number of aryl methyl sites for hydroxylation is 1. The van der Waals surface area contributed by atoms with Crippen LogP contribution in [-0.2, 0) is 4.74 Å². The largest absolute Gasteiger partial charge is 0.397 e. The zero-order valence-electron chi connectivity index (χ0n) is 9.86. The number of ether oxygens (including phenoxy) is 1. The molecule has 1 rings (SSSR count). The molecule has 16 heavy (non-hydrogen) atoms. The summed E-state index contributed by atoms with van der Waals surface area (Å²) in [5.41, 5.74) is 7.33. The van der Waals surface area contributed by atoms with Crippen molar-refractivity contribution in [1.82, 2.24) is 9.88 Å². The molecule has 1 aromatic rings. The number of aromatic nitrogens is 1. The third-order valence-electron chi connectivity index (χ3n) is 2.32. The number of pyridine rings is 1. The molecule has 0 spiro atoms. The van der Waals surface area contributed by atoms with Crippen LogP contribution in [0.2, 0.25) is 0 Å².